The minimum absolute atomic E-state index is 0.0111. The highest BCUT2D eigenvalue weighted by Gasteiger charge is 2.52. The number of hydrogen-bond donors (Lipinski definition) is 0. The van der Waals surface area contributed by atoms with E-state index in [2.05, 4.69) is 6.58 Å². The van der Waals surface area contributed by atoms with E-state index in [9.17, 15) is 18.4 Å². The van der Waals surface area contributed by atoms with Crippen molar-refractivity contribution < 1.29 is 27.5 Å². The highest BCUT2D eigenvalue weighted by molar-refractivity contribution is 6.35. The van der Waals surface area contributed by atoms with Crippen LogP contribution in [0.2, 0.25) is 5.02 Å². The van der Waals surface area contributed by atoms with E-state index in [1.165, 1.54) is 12.1 Å². The number of carbonyl (C=O) groups excluding carboxylic acids is 2. The zero-order valence-corrected chi connectivity index (χ0v) is 23.6. The summed E-state index contributed by atoms with van der Waals surface area (Å²) in [6, 6.07) is 5.45. The predicted octanol–water partition coefficient (Wildman–Crippen LogP) is 4.08. The summed E-state index contributed by atoms with van der Waals surface area (Å²) >= 11 is 6.85. The van der Waals surface area contributed by atoms with Gasteiger partial charge in [-0.15, -0.1) is 0 Å². The van der Waals surface area contributed by atoms with E-state index in [0.717, 1.165) is 0 Å². The maximum absolute atomic E-state index is 15.0. The number of amides is 2. The molecule has 4 aliphatic rings. The molecule has 2 aromatic rings. The van der Waals surface area contributed by atoms with Crippen molar-refractivity contribution in [3.8, 4) is 17.0 Å². The maximum Gasteiger partial charge on any atom is 0.272 e. The molecule has 0 unspecified atom stereocenters. The van der Waals surface area contributed by atoms with Crippen LogP contribution >= 0.6 is 11.6 Å². The monoisotopic (exact) mass is 589 g/mol. The third-order valence-electron chi connectivity index (χ3n) is 8.57. The second-order valence-electron chi connectivity index (χ2n) is 11.8. The first-order valence-corrected chi connectivity index (χ1v) is 14.0. The Morgan fingerprint density at radius 2 is 1.90 bits per heavy atom. The third-order valence-corrected chi connectivity index (χ3v) is 8.92. The van der Waals surface area contributed by atoms with Crippen LogP contribution in [-0.4, -0.2) is 101 Å². The normalized spacial score (nSPS) is 25.1. The summed E-state index contributed by atoms with van der Waals surface area (Å²) in [5, 5.41) is 0.0111. The van der Waals surface area contributed by atoms with Crippen molar-refractivity contribution in [3.05, 3.63) is 53.3 Å². The van der Waals surface area contributed by atoms with Gasteiger partial charge in [0.1, 0.15) is 28.8 Å². The maximum atomic E-state index is 15.0. The van der Waals surface area contributed by atoms with Gasteiger partial charge in [-0.2, -0.15) is 0 Å². The number of carbonyl (C=O) groups is 2. The van der Waals surface area contributed by atoms with Crippen molar-refractivity contribution in [3.63, 3.8) is 0 Å². The number of ether oxygens (including phenoxy) is 1. The number of anilines is 1. The van der Waals surface area contributed by atoms with E-state index in [1.807, 2.05) is 18.7 Å². The van der Waals surface area contributed by atoms with Crippen LogP contribution in [-0.2, 0) is 4.79 Å². The van der Waals surface area contributed by atoms with Crippen LogP contribution in [0.1, 0.15) is 30.6 Å². The topological polar surface area (TPSA) is 69.2 Å². The number of hydrogen-bond acceptors (Lipinski definition) is 6. The van der Waals surface area contributed by atoms with Gasteiger partial charge in [-0.3, -0.25) is 14.5 Å². The molecule has 3 fully saturated rings. The summed E-state index contributed by atoms with van der Waals surface area (Å²) in [7, 11) is 0. The Morgan fingerprint density at radius 1 is 1.17 bits per heavy atom. The number of pyridine rings is 1. The molecule has 0 N–H and O–H groups in total. The van der Waals surface area contributed by atoms with Gasteiger partial charge in [-0.25, -0.2) is 18.2 Å². The summed E-state index contributed by atoms with van der Waals surface area (Å²) in [5.41, 5.74) is -0.135. The second-order valence-corrected chi connectivity index (χ2v) is 12.2. The van der Waals surface area contributed by atoms with Gasteiger partial charge in [0.15, 0.2) is 5.75 Å². The van der Waals surface area contributed by atoms with E-state index in [4.69, 9.17) is 21.3 Å². The summed E-state index contributed by atoms with van der Waals surface area (Å²) < 4.78 is 48.8. The van der Waals surface area contributed by atoms with Gasteiger partial charge < -0.3 is 19.4 Å². The van der Waals surface area contributed by atoms with Crippen LogP contribution in [0.5, 0.6) is 5.75 Å². The first kappa shape index (κ1) is 27.8. The zero-order valence-electron chi connectivity index (χ0n) is 22.9. The third kappa shape index (κ3) is 4.72. The quantitative estimate of drug-likeness (QED) is 0.501. The largest absolute Gasteiger partial charge is 0.489 e. The molecule has 3 saturated heterocycles. The SMILES string of the molecule is C=CC(=O)N1CCN2C(=O)c3c(N4C[C@H](N5CC(F)(F)C5)CC4(C)C)nc(-c4ccccc4F)c(Cl)c3OC[C@H]2C1. The molecule has 5 heterocycles. The summed E-state index contributed by atoms with van der Waals surface area (Å²) in [6.07, 6.45) is 1.81. The van der Waals surface area contributed by atoms with Crippen LogP contribution in [0.3, 0.4) is 0 Å². The predicted molar refractivity (Wildman–Crippen MR) is 148 cm³/mol. The van der Waals surface area contributed by atoms with Gasteiger partial charge in [0.2, 0.25) is 5.91 Å². The van der Waals surface area contributed by atoms with Gasteiger partial charge in [0.25, 0.3) is 11.8 Å². The fraction of sp³-hybridized carbons (Fsp3) is 0.483. The molecule has 2 amide bonds. The van der Waals surface area contributed by atoms with Crippen LogP contribution in [0.4, 0.5) is 19.0 Å². The lowest BCUT2D eigenvalue weighted by Gasteiger charge is -2.42. The lowest BCUT2D eigenvalue weighted by Crippen LogP contribution is -2.60. The van der Waals surface area contributed by atoms with Crippen molar-refractivity contribution in [2.24, 2.45) is 0 Å². The van der Waals surface area contributed by atoms with Crippen molar-refractivity contribution >= 4 is 29.2 Å². The Balaban J connectivity index is 1.46. The Morgan fingerprint density at radius 3 is 2.59 bits per heavy atom. The summed E-state index contributed by atoms with van der Waals surface area (Å²) in [6.45, 7) is 8.14. The molecular weight excluding hydrogens is 559 g/mol. The van der Waals surface area contributed by atoms with Gasteiger partial charge in [-0.1, -0.05) is 30.3 Å². The lowest BCUT2D eigenvalue weighted by molar-refractivity contribution is -0.143. The minimum atomic E-state index is -2.71. The van der Waals surface area contributed by atoms with Gasteiger partial charge in [-0.05, 0) is 38.5 Å². The number of benzene rings is 1. The average Bonchev–Trinajstić information content (AvgIpc) is 3.16. The molecule has 4 aliphatic heterocycles. The molecule has 12 heteroatoms. The van der Waals surface area contributed by atoms with Gasteiger partial charge in [0.05, 0.1) is 24.8 Å². The number of halogens is 4. The number of aromatic nitrogens is 1. The molecular formula is C29H31ClF3N5O3. The lowest BCUT2D eigenvalue weighted by atomic mass is 9.97. The van der Waals surface area contributed by atoms with E-state index >= 15 is 4.39 Å². The van der Waals surface area contributed by atoms with Gasteiger partial charge >= 0.3 is 0 Å². The molecule has 0 saturated carbocycles. The Labute approximate surface area is 241 Å². The summed E-state index contributed by atoms with van der Waals surface area (Å²) in [5.74, 6) is -3.46. The molecule has 0 bridgehead atoms. The fourth-order valence-corrected chi connectivity index (χ4v) is 6.73. The number of rotatable bonds is 4. The molecule has 6 rings (SSSR count). The van der Waals surface area contributed by atoms with E-state index in [1.54, 1.807) is 32.9 Å². The van der Waals surface area contributed by atoms with Crippen LogP contribution < -0.4 is 9.64 Å². The first-order valence-electron chi connectivity index (χ1n) is 13.6. The Hall–Kier alpha value is -3.31. The molecule has 1 aromatic heterocycles. The molecule has 41 heavy (non-hydrogen) atoms. The number of alkyl halides is 2. The number of piperazine rings is 1. The molecule has 8 nitrogen and oxygen atoms in total. The van der Waals surface area contributed by atoms with Crippen LogP contribution in [0, 0.1) is 5.82 Å². The highest BCUT2D eigenvalue weighted by atomic mass is 35.5. The minimum Gasteiger partial charge on any atom is -0.489 e. The van der Waals surface area contributed by atoms with E-state index < -0.39 is 23.3 Å². The molecule has 218 valence electrons. The highest BCUT2D eigenvalue weighted by Crippen LogP contribution is 2.47. The Kier molecular flexibility index (Phi) is 6.73. The molecule has 0 aliphatic carbocycles. The zero-order chi connectivity index (χ0) is 29.3. The number of fused-ring (bicyclic) bond motifs is 2. The van der Waals surface area contributed by atoms with Crippen LogP contribution in [0.25, 0.3) is 11.3 Å². The van der Waals surface area contributed by atoms with Crippen molar-refractivity contribution in [2.45, 2.75) is 43.8 Å². The van der Waals surface area contributed by atoms with Crippen LogP contribution in [0.15, 0.2) is 36.9 Å². The number of nitrogens with zero attached hydrogens (tertiary/aromatic N) is 5. The van der Waals surface area contributed by atoms with Crippen molar-refractivity contribution in [2.75, 3.05) is 50.8 Å². The molecule has 1 aromatic carbocycles. The number of likely N-dealkylation sites (tertiary alicyclic amines) is 1. The molecule has 0 radical (unpaired) electrons. The van der Waals surface area contributed by atoms with Gasteiger partial charge in [0, 0.05) is 43.3 Å². The fourth-order valence-electron chi connectivity index (χ4n) is 6.44. The van der Waals surface area contributed by atoms with Crippen molar-refractivity contribution in [1.29, 1.82) is 0 Å². The Bertz CT molecular complexity index is 1430. The van der Waals surface area contributed by atoms with E-state index in [0.29, 0.717) is 19.5 Å². The van der Waals surface area contributed by atoms with Crippen molar-refractivity contribution in [1.82, 2.24) is 19.7 Å². The standard InChI is InChI=1S/C29H31ClF3N5O3/c1-4-21(39)35-9-10-37-18(12-35)14-41-25-22(27(37)40)26(34-24(23(25)30)19-7-5-6-8-20(19)31)38-13-17(11-28(38,2)3)36-15-29(32,33)16-36/h4-8,17-18H,1,9-16H2,2-3H3/t17-,18-/m1/s1. The average molecular weight is 590 g/mol. The summed E-state index contributed by atoms with van der Waals surface area (Å²) in [4.78, 5) is 38.4. The smallest absolute Gasteiger partial charge is 0.272 e. The van der Waals surface area contributed by atoms with E-state index in [-0.39, 0.29) is 84.1 Å². The molecule has 2 atom stereocenters. The molecule has 0 spiro atoms. The first-order chi connectivity index (χ1) is 19.4. The second kappa shape index (κ2) is 9.90.